The largest absolute Gasteiger partial charge is 0.497 e. The number of Topliss-reactive ketones (excluding diaryl/α,β-unsaturated/α-hetero) is 1. The number of carbonyl (C=O) groups excluding carboxylic acids is 2. The first-order valence-corrected chi connectivity index (χ1v) is 9.99. The van der Waals surface area contributed by atoms with Crippen molar-refractivity contribution in [3.63, 3.8) is 0 Å². The number of ketones is 1. The molecule has 0 amide bonds. The molecule has 0 unspecified atom stereocenters. The molecule has 0 N–H and O–H groups in total. The van der Waals surface area contributed by atoms with Gasteiger partial charge in [0.25, 0.3) is 0 Å². The highest BCUT2D eigenvalue weighted by Crippen LogP contribution is 2.24. The maximum absolute atomic E-state index is 12.4. The van der Waals surface area contributed by atoms with Crippen molar-refractivity contribution in [1.29, 1.82) is 0 Å². The first-order chi connectivity index (χ1) is 14.0. The molecule has 3 aromatic rings. The van der Waals surface area contributed by atoms with Crippen LogP contribution in [0.2, 0.25) is 0 Å². The van der Waals surface area contributed by atoms with Crippen LogP contribution in [-0.4, -0.2) is 45.5 Å². The molecule has 152 valence electrons. The molecule has 0 aliphatic carbocycles. The summed E-state index contributed by atoms with van der Waals surface area (Å²) in [6.07, 6.45) is 0.675. The number of methoxy groups -OCH3 is 1. The lowest BCUT2D eigenvalue weighted by molar-refractivity contribution is -0.143. The Morgan fingerprint density at radius 2 is 1.97 bits per heavy atom. The first-order valence-electron chi connectivity index (χ1n) is 9.01. The van der Waals surface area contributed by atoms with Crippen LogP contribution in [0.4, 0.5) is 0 Å². The zero-order chi connectivity index (χ0) is 20.8. The molecule has 0 spiro atoms. The van der Waals surface area contributed by atoms with Gasteiger partial charge in [0.05, 0.1) is 19.1 Å². The fraction of sp³-hybridized carbons (Fsp3) is 0.300. The standard InChI is InChI=1S/C20H21N3O5S/c1-4-23-19(16-6-5-11-27-16)21-22-20(23)29-12-17(24)28-13(2)18(25)14-7-9-15(26-3)10-8-14/h5-11,13H,4,12H2,1-3H3/t13-/m1/s1. The molecule has 0 aliphatic heterocycles. The number of furan rings is 1. The lowest BCUT2D eigenvalue weighted by Crippen LogP contribution is -2.25. The summed E-state index contributed by atoms with van der Waals surface area (Å²) in [5.41, 5.74) is 0.451. The van der Waals surface area contributed by atoms with Crippen molar-refractivity contribution in [2.75, 3.05) is 12.9 Å². The van der Waals surface area contributed by atoms with Gasteiger partial charge in [-0.3, -0.25) is 14.2 Å². The Balaban J connectivity index is 1.57. The zero-order valence-electron chi connectivity index (χ0n) is 16.3. The summed E-state index contributed by atoms with van der Waals surface area (Å²) < 4.78 is 17.6. The molecule has 2 aromatic heterocycles. The number of rotatable bonds is 9. The van der Waals surface area contributed by atoms with Crippen molar-refractivity contribution in [1.82, 2.24) is 14.8 Å². The fourth-order valence-corrected chi connectivity index (χ4v) is 3.45. The highest BCUT2D eigenvalue weighted by molar-refractivity contribution is 7.99. The number of esters is 1. The van der Waals surface area contributed by atoms with E-state index < -0.39 is 12.1 Å². The van der Waals surface area contributed by atoms with E-state index in [4.69, 9.17) is 13.9 Å². The van der Waals surface area contributed by atoms with Gasteiger partial charge in [-0.05, 0) is 50.2 Å². The Bertz CT molecular complexity index is 967. The molecule has 0 fully saturated rings. The lowest BCUT2D eigenvalue weighted by Gasteiger charge is -2.12. The van der Waals surface area contributed by atoms with Crippen molar-refractivity contribution in [2.24, 2.45) is 0 Å². The minimum Gasteiger partial charge on any atom is -0.497 e. The molecule has 1 atom stereocenters. The van der Waals surface area contributed by atoms with Crippen LogP contribution in [0.5, 0.6) is 5.75 Å². The molecule has 8 nitrogen and oxygen atoms in total. The van der Waals surface area contributed by atoms with Crippen LogP contribution in [0.15, 0.2) is 52.2 Å². The van der Waals surface area contributed by atoms with Gasteiger partial charge < -0.3 is 13.9 Å². The Morgan fingerprint density at radius 3 is 2.59 bits per heavy atom. The molecule has 9 heteroatoms. The number of benzene rings is 1. The van der Waals surface area contributed by atoms with Crippen LogP contribution in [0, 0.1) is 0 Å². The molecule has 1 aromatic carbocycles. The summed E-state index contributed by atoms with van der Waals surface area (Å²) in [6, 6.07) is 10.2. The van der Waals surface area contributed by atoms with Gasteiger partial charge in [-0.25, -0.2) is 0 Å². The second-order valence-corrected chi connectivity index (χ2v) is 6.98. The van der Waals surface area contributed by atoms with E-state index in [0.29, 0.717) is 34.6 Å². The van der Waals surface area contributed by atoms with E-state index in [0.717, 1.165) is 0 Å². The van der Waals surface area contributed by atoms with Crippen molar-refractivity contribution >= 4 is 23.5 Å². The molecule has 0 saturated carbocycles. The predicted molar refractivity (Wildman–Crippen MR) is 107 cm³/mol. The van der Waals surface area contributed by atoms with Crippen LogP contribution < -0.4 is 4.74 Å². The average Bonchev–Trinajstić information content (AvgIpc) is 3.40. The quantitative estimate of drug-likeness (QED) is 0.298. The molecule has 0 radical (unpaired) electrons. The molecule has 0 aliphatic rings. The van der Waals surface area contributed by atoms with Crippen molar-refractivity contribution in [3.8, 4) is 17.3 Å². The number of ether oxygens (including phenoxy) is 2. The Kier molecular flexibility index (Phi) is 6.71. The zero-order valence-corrected chi connectivity index (χ0v) is 17.1. The maximum atomic E-state index is 12.4. The van der Waals surface area contributed by atoms with Gasteiger partial charge in [-0.15, -0.1) is 10.2 Å². The summed E-state index contributed by atoms with van der Waals surface area (Å²) >= 11 is 1.20. The number of aromatic nitrogens is 3. The van der Waals surface area contributed by atoms with Crippen LogP contribution >= 0.6 is 11.8 Å². The normalized spacial score (nSPS) is 11.8. The Morgan fingerprint density at radius 1 is 1.21 bits per heavy atom. The van der Waals surface area contributed by atoms with E-state index in [1.807, 2.05) is 11.5 Å². The van der Waals surface area contributed by atoms with E-state index >= 15 is 0 Å². The molecule has 0 bridgehead atoms. The third-order valence-electron chi connectivity index (χ3n) is 4.15. The van der Waals surface area contributed by atoms with Gasteiger partial charge in [0.1, 0.15) is 5.75 Å². The lowest BCUT2D eigenvalue weighted by atomic mass is 10.1. The van der Waals surface area contributed by atoms with Gasteiger partial charge >= 0.3 is 5.97 Å². The minimum atomic E-state index is -0.890. The number of hydrogen-bond acceptors (Lipinski definition) is 8. The predicted octanol–water partition coefficient (Wildman–Crippen LogP) is 3.47. The van der Waals surface area contributed by atoms with Crippen molar-refractivity contribution < 1.29 is 23.5 Å². The smallest absolute Gasteiger partial charge is 0.317 e. The third-order valence-corrected chi connectivity index (χ3v) is 5.09. The van der Waals surface area contributed by atoms with E-state index in [-0.39, 0.29) is 11.5 Å². The number of nitrogens with zero attached hydrogens (tertiary/aromatic N) is 3. The average molecular weight is 415 g/mol. The Hall–Kier alpha value is -3.07. The molecular formula is C20H21N3O5S. The number of hydrogen-bond donors (Lipinski definition) is 0. The molecule has 0 saturated heterocycles. The third kappa shape index (κ3) is 4.86. The highest BCUT2D eigenvalue weighted by atomic mass is 32.2. The van der Waals surface area contributed by atoms with Crippen LogP contribution in [0.3, 0.4) is 0 Å². The van der Waals surface area contributed by atoms with E-state index in [2.05, 4.69) is 10.2 Å². The number of carbonyl (C=O) groups is 2. The highest BCUT2D eigenvalue weighted by Gasteiger charge is 2.21. The second kappa shape index (κ2) is 9.42. The minimum absolute atomic E-state index is 0.0104. The molecule has 29 heavy (non-hydrogen) atoms. The molecular weight excluding hydrogens is 394 g/mol. The van der Waals surface area contributed by atoms with E-state index in [1.165, 1.54) is 11.8 Å². The van der Waals surface area contributed by atoms with Crippen LogP contribution in [-0.2, 0) is 16.1 Å². The summed E-state index contributed by atoms with van der Waals surface area (Å²) in [7, 11) is 1.55. The van der Waals surface area contributed by atoms with Gasteiger partial charge in [0, 0.05) is 12.1 Å². The Labute approximate surface area is 172 Å². The van der Waals surface area contributed by atoms with Gasteiger partial charge in [-0.1, -0.05) is 11.8 Å². The topological polar surface area (TPSA) is 96.5 Å². The summed E-state index contributed by atoms with van der Waals surface area (Å²) in [5, 5.41) is 8.83. The molecule has 3 rings (SSSR count). The van der Waals surface area contributed by atoms with E-state index in [9.17, 15) is 9.59 Å². The second-order valence-electron chi connectivity index (χ2n) is 6.04. The summed E-state index contributed by atoms with van der Waals surface area (Å²) in [5.74, 6) is 1.08. The SMILES string of the molecule is CCn1c(SCC(=O)O[C@H](C)C(=O)c2ccc(OC)cc2)nnc1-c1ccco1. The van der Waals surface area contributed by atoms with Gasteiger partial charge in [0.15, 0.2) is 22.8 Å². The number of thioether (sulfide) groups is 1. The van der Waals surface area contributed by atoms with Crippen LogP contribution in [0.1, 0.15) is 24.2 Å². The summed E-state index contributed by atoms with van der Waals surface area (Å²) in [6.45, 7) is 4.12. The van der Waals surface area contributed by atoms with Crippen molar-refractivity contribution in [2.45, 2.75) is 31.7 Å². The van der Waals surface area contributed by atoms with Crippen LogP contribution in [0.25, 0.3) is 11.6 Å². The monoisotopic (exact) mass is 415 g/mol. The van der Waals surface area contributed by atoms with E-state index in [1.54, 1.807) is 56.7 Å². The van der Waals surface area contributed by atoms with Gasteiger partial charge in [-0.2, -0.15) is 0 Å². The summed E-state index contributed by atoms with van der Waals surface area (Å²) in [4.78, 5) is 24.6. The fourth-order valence-electron chi connectivity index (χ4n) is 2.67. The van der Waals surface area contributed by atoms with Gasteiger partial charge in [0.2, 0.25) is 5.78 Å². The maximum Gasteiger partial charge on any atom is 0.317 e. The molecule has 2 heterocycles. The first kappa shape index (κ1) is 20.7. The van der Waals surface area contributed by atoms with Crippen molar-refractivity contribution in [3.05, 3.63) is 48.2 Å².